The smallest absolute Gasteiger partial charge is 0.114 e. The van der Waals surface area contributed by atoms with Gasteiger partial charge in [-0.15, -0.1) is 0 Å². The van der Waals surface area contributed by atoms with E-state index in [4.69, 9.17) is 4.98 Å². The van der Waals surface area contributed by atoms with Gasteiger partial charge in [0.1, 0.15) is 5.82 Å². The maximum absolute atomic E-state index is 5.11. The quantitative estimate of drug-likeness (QED) is 0.199. The van der Waals surface area contributed by atoms with E-state index in [1.807, 2.05) is 18.5 Å². The summed E-state index contributed by atoms with van der Waals surface area (Å²) in [5.41, 5.74) is 11.5. The number of rotatable bonds is 4. The Morgan fingerprint density at radius 2 is 1.25 bits per heavy atom. The van der Waals surface area contributed by atoms with E-state index in [0.29, 0.717) is 0 Å². The Bertz CT molecular complexity index is 2310. The molecule has 0 atom stereocenters. The van der Waals surface area contributed by atoms with Gasteiger partial charge in [0.25, 0.3) is 0 Å². The van der Waals surface area contributed by atoms with Crippen LogP contribution in [0.5, 0.6) is 0 Å². The van der Waals surface area contributed by atoms with E-state index < -0.39 is 0 Å². The van der Waals surface area contributed by atoms with Gasteiger partial charge >= 0.3 is 0 Å². The molecule has 4 heteroatoms. The van der Waals surface area contributed by atoms with Crippen LogP contribution in [0.4, 0.5) is 17.1 Å². The van der Waals surface area contributed by atoms with E-state index in [1.54, 1.807) is 0 Å². The van der Waals surface area contributed by atoms with Crippen LogP contribution in [0.1, 0.15) is 12.7 Å². The summed E-state index contributed by atoms with van der Waals surface area (Å²) in [6.45, 7) is 2.19. The zero-order valence-electron chi connectivity index (χ0n) is 24.3. The predicted molar refractivity (Wildman–Crippen MR) is 182 cm³/mol. The highest BCUT2D eigenvalue weighted by atomic mass is 15.2. The van der Waals surface area contributed by atoms with Crippen molar-refractivity contribution in [3.63, 3.8) is 0 Å². The fourth-order valence-corrected chi connectivity index (χ4v) is 7.13. The van der Waals surface area contributed by atoms with Crippen molar-refractivity contribution < 1.29 is 0 Å². The van der Waals surface area contributed by atoms with Crippen molar-refractivity contribution in [2.24, 2.45) is 0 Å². The molecule has 208 valence electrons. The first-order valence-electron chi connectivity index (χ1n) is 15.2. The Morgan fingerprint density at radius 1 is 0.568 bits per heavy atom. The molecule has 0 saturated heterocycles. The number of hydrogen-bond acceptors (Lipinski definition) is 3. The van der Waals surface area contributed by atoms with Crippen LogP contribution in [0.2, 0.25) is 0 Å². The average Bonchev–Trinajstić information content (AvgIpc) is 3.48. The van der Waals surface area contributed by atoms with Crippen LogP contribution in [-0.2, 0) is 6.42 Å². The maximum Gasteiger partial charge on any atom is 0.114 e. The number of pyridine rings is 1. The summed E-state index contributed by atoms with van der Waals surface area (Å²) < 4.78 is 2.39. The molecule has 0 spiro atoms. The number of anilines is 3. The molecule has 0 amide bonds. The largest absolute Gasteiger partial charge is 0.306 e. The first-order valence-corrected chi connectivity index (χ1v) is 15.2. The van der Waals surface area contributed by atoms with Crippen molar-refractivity contribution in [1.82, 2.24) is 14.5 Å². The van der Waals surface area contributed by atoms with Gasteiger partial charge in [-0.3, -0.25) is 9.55 Å². The normalized spacial score (nSPS) is 12.2. The molecule has 1 aliphatic heterocycles. The van der Waals surface area contributed by atoms with Crippen LogP contribution < -0.4 is 4.90 Å². The first-order chi connectivity index (χ1) is 21.8. The minimum atomic E-state index is 0.842. The highest BCUT2D eigenvalue weighted by Gasteiger charge is 2.29. The number of para-hydroxylation sites is 2. The van der Waals surface area contributed by atoms with Crippen LogP contribution in [0.15, 0.2) is 140 Å². The number of imidazole rings is 1. The zero-order valence-corrected chi connectivity index (χ0v) is 24.3. The fraction of sp³-hybridized carbons (Fsp3) is 0.0500. The van der Waals surface area contributed by atoms with Gasteiger partial charge in [-0.25, -0.2) is 4.98 Å². The summed E-state index contributed by atoms with van der Waals surface area (Å²) in [5, 5.41) is 4.91. The Hall–Kier alpha value is -5.74. The van der Waals surface area contributed by atoms with Crippen LogP contribution in [-0.4, -0.2) is 14.5 Å². The minimum absolute atomic E-state index is 0.842. The van der Waals surface area contributed by atoms with Crippen LogP contribution in [0, 0.1) is 0 Å². The number of hydrogen-bond donors (Lipinski definition) is 0. The lowest BCUT2D eigenvalue weighted by Crippen LogP contribution is -2.19. The van der Waals surface area contributed by atoms with Gasteiger partial charge in [0.2, 0.25) is 0 Å². The Balaban J connectivity index is 1.38. The Morgan fingerprint density at radius 3 is 1.91 bits per heavy atom. The second kappa shape index (κ2) is 9.65. The lowest BCUT2D eigenvalue weighted by molar-refractivity contribution is 0.901. The number of benzene rings is 6. The molecule has 0 N–H and O–H groups in total. The van der Waals surface area contributed by atoms with Crippen LogP contribution in [0.25, 0.3) is 60.5 Å². The molecule has 1 aliphatic rings. The molecule has 0 radical (unpaired) electrons. The van der Waals surface area contributed by atoms with Crippen LogP contribution >= 0.6 is 0 Å². The molecule has 2 aromatic heterocycles. The summed E-state index contributed by atoms with van der Waals surface area (Å²) in [4.78, 5) is 12.0. The van der Waals surface area contributed by atoms with Crippen molar-refractivity contribution in [3.8, 4) is 27.9 Å². The van der Waals surface area contributed by atoms with E-state index in [9.17, 15) is 0 Å². The van der Waals surface area contributed by atoms with E-state index in [-0.39, 0.29) is 0 Å². The molecule has 0 fully saturated rings. The second-order valence-corrected chi connectivity index (χ2v) is 11.3. The zero-order chi connectivity index (χ0) is 29.2. The summed E-state index contributed by atoms with van der Waals surface area (Å²) >= 11 is 0. The summed E-state index contributed by atoms with van der Waals surface area (Å²) in [5.74, 6) is 1.07. The molecule has 0 unspecified atom stereocenters. The summed E-state index contributed by atoms with van der Waals surface area (Å²) in [6.07, 6.45) is 4.65. The molecule has 3 heterocycles. The number of aryl methyl sites for hydroxylation is 1. The average molecular weight is 565 g/mol. The van der Waals surface area contributed by atoms with Crippen molar-refractivity contribution in [3.05, 3.63) is 146 Å². The number of nitrogens with zero attached hydrogens (tertiary/aromatic N) is 4. The molecular formula is C40H28N4. The number of fused-ring (bicyclic) bond motifs is 4. The lowest BCUT2D eigenvalue weighted by atomic mass is 9.86. The van der Waals surface area contributed by atoms with Crippen molar-refractivity contribution in [2.75, 3.05) is 4.90 Å². The monoisotopic (exact) mass is 564 g/mol. The standard InChI is InChI=1S/C40H28N4/c1-2-37-42-33-19-10-20-35-40(33)44(37)36-24-26(21-22-34(36)43(35)28-13-4-3-5-14-28)38-29-15-6-8-17-31(29)39(27-12-11-23-41-25-27)32-18-9-7-16-30(32)38/h3-25H,2H2,1H3. The maximum atomic E-state index is 5.11. The predicted octanol–water partition coefficient (Wildman–Crippen LogP) is 10.4. The summed E-state index contributed by atoms with van der Waals surface area (Å²) in [7, 11) is 0. The highest BCUT2D eigenvalue weighted by Crippen LogP contribution is 2.50. The first kappa shape index (κ1) is 24.8. The third kappa shape index (κ3) is 3.51. The van der Waals surface area contributed by atoms with E-state index in [0.717, 1.165) is 51.6 Å². The molecule has 44 heavy (non-hydrogen) atoms. The van der Waals surface area contributed by atoms with Gasteiger partial charge in [-0.2, -0.15) is 0 Å². The third-order valence-corrected chi connectivity index (χ3v) is 8.92. The van der Waals surface area contributed by atoms with Gasteiger partial charge in [0, 0.05) is 30.1 Å². The molecule has 8 aromatic rings. The van der Waals surface area contributed by atoms with Gasteiger partial charge in [-0.05, 0) is 80.7 Å². The van der Waals surface area contributed by atoms with E-state index in [2.05, 4.69) is 143 Å². The molecule has 6 aromatic carbocycles. The van der Waals surface area contributed by atoms with Gasteiger partial charge in [0.15, 0.2) is 0 Å². The van der Waals surface area contributed by atoms with Gasteiger partial charge < -0.3 is 4.90 Å². The van der Waals surface area contributed by atoms with Gasteiger partial charge in [-0.1, -0.05) is 91.9 Å². The summed E-state index contributed by atoms with van der Waals surface area (Å²) in [6, 6.07) is 45.8. The Labute approximate surface area is 255 Å². The van der Waals surface area contributed by atoms with Gasteiger partial charge in [0.05, 0.1) is 28.1 Å². The van der Waals surface area contributed by atoms with E-state index in [1.165, 1.54) is 38.2 Å². The molecular weight excluding hydrogens is 536 g/mol. The van der Waals surface area contributed by atoms with E-state index >= 15 is 0 Å². The second-order valence-electron chi connectivity index (χ2n) is 11.3. The van der Waals surface area contributed by atoms with Crippen molar-refractivity contribution in [2.45, 2.75) is 13.3 Å². The van der Waals surface area contributed by atoms with Crippen molar-refractivity contribution in [1.29, 1.82) is 0 Å². The fourth-order valence-electron chi connectivity index (χ4n) is 7.13. The molecule has 0 bridgehead atoms. The highest BCUT2D eigenvalue weighted by molar-refractivity contribution is 6.21. The molecule has 0 saturated carbocycles. The third-order valence-electron chi connectivity index (χ3n) is 8.92. The number of aromatic nitrogens is 3. The molecule has 4 nitrogen and oxygen atoms in total. The SMILES string of the molecule is CCc1nc2cccc3c2n1-c1cc(-c2c4ccccc4c(-c4cccnc4)c4ccccc24)ccc1N3c1ccccc1. The molecule has 0 aliphatic carbocycles. The minimum Gasteiger partial charge on any atom is -0.306 e. The topological polar surface area (TPSA) is 34.0 Å². The molecule has 9 rings (SSSR count). The van der Waals surface area contributed by atoms with Crippen LogP contribution in [0.3, 0.4) is 0 Å². The Kier molecular flexibility index (Phi) is 5.44. The van der Waals surface area contributed by atoms with Crippen molar-refractivity contribution >= 4 is 49.6 Å². The lowest BCUT2D eigenvalue weighted by Gasteiger charge is -2.33.